The summed E-state index contributed by atoms with van der Waals surface area (Å²) in [5, 5.41) is 10.4. The molecule has 6 heteroatoms. The van der Waals surface area contributed by atoms with Crippen LogP contribution in [0, 0.1) is 5.41 Å². The fourth-order valence-electron chi connectivity index (χ4n) is 5.84. The van der Waals surface area contributed by atoms with Gasteiger partial charge in [-0.05, 0) is 93.7 Å². The molecule has 3 aliphatic heterocycles. The maximum absolute atomic E-state index is 13.1. The molecule has 6 nitrogen and oxygen atoms in total. The molecule has 0 unspecified atom stereocenters. The van der Waals surface area contributed by atoms with Gasteiger partial charge >= 0.3 is 0 Å². The normalized spacial score (nSPS) is 29.0. The number of aliphatic hydroxyl groups is 1. The Morgan fingerprint density at radius 3 is 2.32 bits per heavy atom. The quantitative estimate of drug-likeness (QED) is 0.723. The summed E-state index contributed by atoms with van der Waals surface area (Å²) in [7, 11) is 0. The second-order valence-corrected chi connectivity index (χ2v) is 11.2. The first-order valence-corrected chi connectivity index (χ1v) is 12.5. The zero-order chi connectivity index (χ0) is 24.0. The van der Waals surface area contributed by atoms with E-state index in [0.717, 1.165) is 68.5 Å². The average molecular weight is 465 g/mol. The molecule has 0 bridgehead atoms. The molecule has 5 rings (SSSR count). The van der Waals surface area contributed by atoms with Crippen LogP contribution < -0.4 is 0 Å². The molecule has 1 N–H and O–H groups in total. The lowest BCUT2D eigenvalue weighted by Gasteiger charge is -2.39. The molecule has 3 aliphatic rings. The highest BCUT2D eigenvalue weighted by Gasteiger charge is 2.53. The van der Waals surface area contributed by atoms with E-state index in [0.29, 0.717) is 0 Å². The Bertz CT molecular complexity index is 1010. The number of hydrogen-bond acceptors (Lipinski definition) is 5. The maximum Gasteiger partial charge on any atom is 0.253 e. The minimum Gasteiger partial charge on any atom is -0.388 e. The molecule has 2 aromatic rings. The van der Waals surface area contributed by atoms with Crippen LogP contribution in [0.25, 0.3) is 11.1 Å². The van der Waals surface area contributed by atoms with Gasteiger partial charge in [-0.15, -0.1) is 0 Å². The average Bonchev–Trinajstić information content (AvgIpc) is 3.45. The van der Waals surface area contributed by atoms with E-state index in [4.69, 9.17) is 9.47 Å². The Morgan fingerprint density at radius 1 is 1.06 bits per heavy atom. The van der Waals surface area contributed by atoms with Crippen LogP contribution >= 0.6 is 0 Å². The van der Waals surface area contributed by atoms with Crippen LogP contribution in [0.2, 0.25) is 0 Å². The summed E-state index contributed by atoms with van der Waals surface area (Å²) in [6.07, 6.45) is 8.08. The smallest absolute Gasteiger partial charge is 0.253 e. The lowest BCUT2D eigenvalue weighted by atomic mass is 9.74. The first-order chi connectivity index (χ1) is 16.2. The van der Waals surface area contributed by atoms with Crippen molar-refractivity contribution in [2.24, 2.45) is 5.41 Å². The number of carbonyl (C=O) groups is 1. The van der Waals surface area contributed by atoms with Gasteiger partial charge in [0, 0.05) is 31.0 Å². The summed E-state index contributed by atoms with van der Waals surface area (Å²) < 4.78 is 12.7. The molecule has 182 valence electrons. The van der Waals surface area contributed by atoms with Crippen LogP contribution in [0.3, 0.4) is 0 Å². The van der Waals surface area contributed by atoms with Crippen LogP contribution in [0.15, 0.2) is 48.8 Å². The van der Waals surface area contributed by atoms with Gasteiger partial charge in [-0.2, -0.15) is 0 Å². The number of likely N-dealkylation sites (tertiary alicyclic amines) is 1. The number of benzene rings is 1. The Hall–Kier alpha value is -2.28. The molecule has 3 saturated heterocycles. The molecule has 1 aromatic carbocycles. The SMILES string of the molecule is CC(C)(O)[C@@H]1CC[C@](C)([C@H]2CC3(CCN(C(=O)c4ccc(-c5ccncc5)cc4)CC3)CO2)O1. The monoisotopic (exact) mass is 464 g/mol. The summed E-state index contributed by atoms with van der Waals surface area (Å²) in [4.78, 5) is 19.2. The molecule has 1 amide bonds. The number of ether oxygens (including phenoxy) is 2. The minimum absolute atomic E-state index is 0.0443. The van der Waals surface area contributed by atoms with Crippen molar-refractivity contribution < 1.29 is 19.4 Å². The number of piperidine rings is 1. The van der Waals surface area contributed by atoms with E-state index >= 15 is 0 Å². The lowest BCUT2D eigenvalue weighted by Crippen LogP contribution is -2.45. The first-order valence-electron chi connectivity index (χ1n) is 12.5. The minimum atomic E-state index is -0.837. The van der Waals surface area contributed by atoms with Crippen molar-refractivity contribution in [2.75, 3.05) is 19.7 Å². The second-order valence-electron chi connectivity index (χ2n) is 11.2. The largest absolute Gasteiger partial charge is 0.388 e. The Morgan fingerprint density at radius 2 is 1.71 bits per heavy atom. The third kappa shape index (κ3) is 4.51. The van der Waals surface area contributed by atoms with Crippen LogP contribution in [0.5, 0.6) is 0 Å². The van der Waals surface area contributed by atoms with Crippen LogP contribution in [-0.2, 0) is 9.47 Å². The van der Waals surface area contributed by atoms with Gasteiger partial charge in [0.05, 0.1) is 30.0 Å². The highest BCUT2D eigenvalue weighted by atomic mass is 16.6. The first kappa shape index (κ1) is 23.5. The zero-order valence-electron chi connectivity index (χ0n) is 20.5. The van der Waals surface area contributed by atoms with Crippen molar-refractivity contribution in [3.63, 3.8) is 0 Å². The van der Waals surface area contributed by atoms with E-state index in [9.17, 15) is 9.90 Å². The van der Waals surface area contributed by atoms with E-state index in [1.165, 1.54) is 0 Å². The number of amides is 1. The molecule has 4 heterocycles. The van der Waals surface area contributed by atoms with Crippen molar-refractivity contribution in [1.29, 1.82) is 0 Å². The zero-order valence-corrected chi connectivity index (χ0v) is 20.5. The van der Waals surface area contributed by atoms with Crippen molar-refractivity contribution in [3.8, 4) is 11.1 Å². The summed E-state index contributed by atoms with van der Waals surface area (Å²) in [6.45, 7) is 8.01. The van der Waals surface area contributed by atoms with Crippen LogP contribution in [0.4, 0.5) is 0 Å². The molecule has 34 heavy (non-hydrogen) atoms. The van der Waals surface area contributed by atoms with Crippen molar-refractivity contribution in [2.45, 2.75) is 76.3 Å². The topological polar surface area (TPSA) is 71.9 Å². The van der Waals surface area contributed by atoms with E-state index in [1.54, 1.807) is 12.4 Å². The van der Waals surface area contributed by atoms with Gasteiger partial charge in [0.25, 0.3) is 5.91 Å². The Labute approximate surface area is 202 Å². The van der Waals surface area contributed by atoms with Crippen molar-refractivity contribution in [3.05, 3.63) is 54.4 Å². The Balaban J connectivity index is 1.18. The fourth-order valence-corrected chi connectivity index (χ4v) is 5.84. The van der Waals surface area contributed by atoms with Gasteiger partial charge in [-0.3, -0.25) is 9.78 Å². The van der Waals surface area contributed by atoms with E-state index in [1.807, 2.05) is 55.1 Å². The molecule has 1 aromatic heterocycles. The number of aromatic nitrogens is 1. The van der Waals surface area contributed by atoms with Gasteiger partial charge in [0.1, 0.15) is 0 Å². The van der Waals surface area contributed by atoms with E-state index < -0.39 is 5.60 Å². The summed E-state index contributed by atoms with van der Waals surface area (Å²) in [5.41, 5.74) is 1.84. The van der Waals surface area contributed by atoms with Gasteiger partial charge in [-0.1, -0.05) is 12.1 Å². The van der Waals surface area contributed by atoms with Gasteiger partial charge in [0.15, 0.2) is 0 Å². The number of hydrogen-bond donors (Lipinski definition) is 1. The van der Waals surface area contributed by atoms with Gasteiger partial charge < -0.3 is 19.5 Å². The van der Waals surface area contributed by atoms with E-state index in [2.05, 4.69) is 11.9 Å². The molecule has 3 fully saturated rings. The molecule has 0 saturated carbocycles. The number of pyridine rings is 1. The molecule has 3 atom stereocenters. The summed E-state index contributed by atoms with van der Waals surface area (Å²) >= 11 is 0. The second kappa shape index (κ2) is 8.74. The van der Waals surface area contributed by atoms with Gasteiger partial charge in [0.2, 0.25) is 0 Å². The third-order valence-electron chi connectivity index (χ3n) is 8.25. The lowest BCUT2D eigenvalue weighted by molar-refractivity contribution is -0.155. The standard InChI is InChI=1S/C28H36N2O4/c1-26(2,32)23-8-11-27(3,34-23)24-18-28(19-33-24)12-16-30(17-13-28)25(31)22-6-4-20(5-7-22)21-9-14-29-15-10-21/h4-7,9-10,14-15,23-24,32H,8,11-13,16-19H2,1-3H3/t23-,24+,27+/m0/s1. The molecular weight excluding hydrogens is 428 g/mol. The molecule has 0 radical (unpaired) electrons. The van der Waals surface area contributed by atoms with Gasteiger partial charge in [-0.25, -0.2) is 0 Å². The maximum atomic E-state index is 13.1. The summed E-state index contributed by atoms with van der Waals surface area (Å²) in [5.74, 6) is 0.103. The van der Waals surface area contributed by atoms with Crippen molar-refractivity contribution in [1.82, 2.24) is 9.88 Å². The number of carbonyl (C=O) groups excluding carboxylic acids is 1. The predicted octanol–water partition coefficient (Wildman–Crippen LogP) is 4.47. The highest BCUT2D eigenvalue weighted by molar-refractivity contribution is 5.94. The molecule has 0 aliphatic carbocycles. The van der Waals surface area contributed by atoms with Crippen molar-refractivity contribution >= 4 is 5.91 Å². The summed E-state index contributed by atoms with van der Waals surface area (Å²) in [6, 6.07) is 11.8. The Kier molecular flexibility index (Phi) is 6.03. The molecule has 1 spiro atoms. The third-order valence-corrected chi connectivity index (χ3v) is 8.25. The molecular formula is C28H36N2O4. The van der Waals surface area contributed by atoms with E-state index in [-0.39, 0.29) is 29.1 Å². The van der Waals surface area contributed by atoms with Crippen LogP contribution in [-0.4, -0.2) is 64.0 Å². The number of nitrogens with zero attached hydrogens (tertiary/aromatic N) is 2. The number of rotatable bonds is 4. The predicted molar refractivity (Wildman–Crippen MR) is 130 cm³/mol. The highest BCUT2D eigenvalue weighted by Crippen LogP contribution is 2.49. The van der Waals surface area contributed by atoms with Crippen LogP contribution in [0.1, 0.15) is 63.2 Å². The fraction of sp³-hybridized carbons (Fsp3) is 0.571.